The zero-order valence-corrected chi connectivity index (χ0v) is 10.5. The van der Waals surface area contributed by atoms with Crippen molar-refractivity contribution in [1.29, 1.82) is 0 Å². The van der Waals surface area contributed by atoms with Crippen molar-refractivity contribution in [3.8, 4) is 0 Å². The molecule has 1 saturated heterocycles. The lowest BCUT2D eigenvalue weighted by atomic mass is 10.0. The number of nitrogens with two attached hydrogens (primary N) is 1. The number of hydrogen-bond acceptors (Lipinski definition) is 3. The summed E-state index contributed by atoms with van der Waals surface area (Å²) >= 11 is 0. The number of carboxylic acid groups (broad SMARTS) is 1. The standard InChI is InChI=1S/C14H20N2O2/c15-13(10-14(17)18)11-4-6-12(7-5-11)16-8-2-1-3-9-16/h4-7,13H,1-3,8-10,15H2,(H,17,18). The van der Waals surface area contributed by atoms with Gasteiger partial charge in [-0.3, -0.25) is 4.79 Å². The number of piperidine rings is 1. The van der Waals surface area contributed by atoms with Crippen molar-refractivity contribution in [2.75, 3.05) is 18.0 Å². The van der Waals surface area contributed by atoms with Crippen LogP contribution in [0.3, 0.4) is 0 Å². The highest BCUT2D eigenvalue weighted by Gasteiger charge is 2.13. The van der Waals surface area contributed by atoms with E-state index in [1.165, 1.54) is 24.9 Å². The SMILES string of the molecule is NC(CC(=O)O)c1ccc(N2CCCCC2)cc1. The van der Waals surface area contributed by atoms with E-state index < -0.39 is 12.0 Å². The summed E-state index contributed by atoms with van der Waals surface area (Å²) in [5.41, 5.74) is 7.93. The topological polar surface area (TPSA) is 66.6 Å². The van der Waals surface area contributed by atoms with E-state index in [1.807, 2.05) is 24.3 Å². The number of carboxylic acids is 1. The third kappa shape index (κ3) is 3.23. The van der Waals surface area contributed by atoms with Gasteiger partial charge in [-0.05, 0) is 37.0 Å². The molecule has 1 unspecified atom stereocenters. The van der Waals surface area contributed by atoms with Gasteiger partial charge in [0.2, 0.25) is 0 Å². The van der Waals surface area contributed by atoms with E-state index >= 15 is 0 Å². The molecule has 1 heterocycles. The Bertz CT molecular complexity index is 397. The van der Waals surface area contributed by atoms with Crippen LogP contribution in [-0.2, 0) is 4.79 Å². The summed E-state index contributed by atoms with van der Waals surface area (Å²) in [5.74, 6) is -0.859. The lowest BCUT2D eigenvalue weighted by Gasteiger charge is -2.29. The van der Waals surface area contributed by atoms with Gasteiger partial charge in [-0.1, -0.05) is 12.1 Å². The first-order valence-corrected chi connectivity index (χ1v) is 6.49. The van der Waals surface area contributed by atoms with Gasteiger partial charge in [-0.2, -0.15) is 0 Å². The minimum Gasteiger partial charge on any atom is -0.481 e. The summed E-state index contributed by atoms with van der Waals surface area (Å²) in [4.78, 5) is 13.0. The molecule has 3 N–H and O–H groups in total. The van der Waals surface area contributed by atoms with Crippen LogP contribution in [0.15, 0.2) is 24.3 Å². The minimum absolute atomic E-state index is 0.0247. The van der Waals surface area contributed by atoms with Crippen molar-refractivity contribution < 1.29 is 9.90 Å². The third-order valence-corrected chi connectivity index (χ3v) is 3.44. The molecule has 98 valence electrons. The third-order valence-electron chi connectivity index (χ3n) is 3.44. The van der Waals surface area contributed by atoms with Gasteiger partial charge in [0.15, 0.2) is 0 Å². The zero-order chi connectivity index (χ0) is 13.0. The monoisotopic (exact) mass is 248 g/mol. The van der Waals surface area contributed by atoms with Crippen LogP contribution in [0.5, 0.6) is 0 Å². The number of anilines is 1. The first kappa shape index (κ1) is 12.9. The minimum atomic E-state index is -0.859. The van der Waals surface area contributed by atoms with Crippen molar-refractivity contribution in [3.63, 3.8) is 0 Å². The maximum Gasteiger partial charge on any atom is 0.305 e. The molecular weight excluding hydrogens is 228 g/mol. The number of aliphatic carboxylic acids is 1. The molecule has 2 rings (SSSR count). The summed E-state index contributed by atoms with van der Waals surface area (Å²) in [7, 11) is 0. The van der Waals surface area contributed by atoms with Gasteiger partial charge in [0.1, 0.15) is 0 Å². The van der Waals surface area contributed by atoms with Gasteiger partial charge in [-0.25, -0.2) is 0 Å². The number of nitrogens with zero attached hydrogens (tertiary/aromatic N) is 1. The van der Waals surface area contributed by atoms with Crippen LogP contribution in [0.4, 0.5) is 5.69 Å². The van der Waals surface area contributed by atoms with Crippen LogP contribution in [0, 0.1) is 0 Å². The molecule has 1 fully saturated rings. The van der Waals surface area contributed by atoms with E-state index in [9.17, 15) is 4.79 Å². The number of hydrogen-bond donors (Lipinski definition) is 2. The molecule has 4 nitrogen and oxygen atoms in total. The second kappa shape index (κ2) is 5.87. The number of rotatable bonds is 4. The van der Waals surface area contributed by atoms with Gasteiger partial charge in [-0.15, -0.1) is 0 Å². The lowest BCUT2D eigenvalue weighted by molar-refractivity contribution is -0.137. The summed E-state index contributed by atoms with van der Waals surface area (Å²) in [6, 6.07) is 7.55. The van der Waals surface area contributed by atoms with Gasteiger partial charge >= 0.3 is 5.97 Å². The second-order valence-corrected chi connectivity index (χ2v) is 4.84. The molecule has 0 radical (unpaired) electrons. The van der Waals surface area contributed by atoms with Crippen molar-refractivity contribution in [1.82, 2.24) is 0 Å². The Hall–Kier alpha value is -1.55. The maximum atomic E-state index is 10.6. The smallest absolute Gasteiger partial charge is 0.305 e. The molecule has 18 heavy (non-hydrogen) atoms. The molecule has 0 amide bonds. The van der Waals surface area contributed by atoms with E-state index in [1.54, 1.807) is 0 Å². The average Bonchev–Trinajstić information content (AvgIpc) is 2.39. The first-order valence-electron chi connectivity index (χ1n) is 6.49. The predicted molar refractivity (Wildman–Crippen MR) is 71.7 cm³/mol. The fraction of sp³-hybridized carbons (Fsp3) is 0.500. The molecule has 4 heteroatoms. The summed E-state index contributed by atoms with van der Waals surface area (Å²) in [6.07, 6.45) is 3.79. The van der Waals surface area contributed by atoms with Crippen LogP contribution in [-0.4, -0.2) is 24.2 Å². The molecule has 0 spiro atoms. The van der Waals surface area contributed by atoms with Crippen molar-refractivity contribution in [2.24, 2.45) is 5.73 Å². The van der Waals surface area contributed by atoms with Gasteiger partial charge in [0.25, 0.3) is 0 Å². The summed E-state index contributed by atoms with van der Waals surface area (Å²) < 4.78 is 0. The van der Waals surface area contributed by atoms with Crippen LogP contribution >= 0.6 is 0 Å². The fourth-order valence-corrected chi connectivity index (χ4v) is 2.39. The van der Waals surface area contributed by atoms with E-state index in [2.05, 4.69) is 4.90 Å². The van der Waals surface area contributed by atoms with E-state index in [0.717, 1.165) is 18.7 Å². The Morgan fingerprint density at radius 1 is 1.22 bits per heavy atom. The maximum absolute atomic E-state index is 10.6. The van der Waals surface area contributed by atoms with Crippen molar-refractivity contribution >= 4 is 11.7 Å². The molecule has 1 aliphatic rings. The molecule has 0 aromatic heterocycles. The highest BCUT2D eigenvalue weighted by molar-refractivity contribution is 5.68. The average molecular weight is 248 g/mol. The molecule has 0 saturated carbocycles. The van der Waals surface area contributed by atoms with Gasteiger partial charge in [0.05, 0.1) is 6.42 Å². The van der Waals surface area contributed by atoms with Crippen LogP contribution in [0.25, 0.3) is 0 Å². The molecule has 1 aliphatic heterocycles. The zero-order valence-electron chi connectivity index (χ0n) is 10.5. The Morgan fingerprint density at radius 3 is 2.39 bits per heavy atom. The highest BCUT2D eigenvalue weighted by atomic mass is 16.4. The number of benzene rings is 1. The van der Waals surface area contributed by atoms with Crippen LogP contribution in [0.2, 0.25) is 0 Å². The summed E-state index contributed by atoms with van der Waals surface area (Å²) in [5, 5.41) is 8.72. The molecule has 1 aromatic rings. The molecule has 0 aliphatic carbocycles. The molecule has 0 bridgehead atoms. The van der Waals surface area contributed by atoms with Crippen molar-refractivity contribution in [2.45, 2.75) is 31.7 Å². The Balaban J connectivity index is 2.02. The van der Waals surface area contributed by atoms with Crippen LogP contribution in [0.1, 0.15) is 37.3 Å². The predicted octanol–water partition coefficient (Wildman–Crippen LogP) is 2.15. The molecule has 1 atom stereocenters. The van der Waals surface area contributed by atoms with Gasteiger partial charge < -0.3 is 15.7 Å². The quantitative estimate of drug-likeness (QED) is 0.856. The fourth-order valence-electron chi connectivity index (χ4n) is 2.39. The van der Waals surface area contributed by atoms with Crippen molar-refractivity contribution in [3.05, 3.63) is 29.8 Å². The Morgan fingerprint density at radius 2 is 1.83 bits per heavy atom. The molecule has 1 aromatic carbocycles. The largest absolute Gasteiger partial charge is 0.481 e. The van der Waals surface area contributed by atoms with E-state index in [0.29, 0.717) is 0 Å². The number of carbonyl (C=O) groups is 1. The van der Waals surface area contributed by atoms with Gasteiger partial charge in [0, 0.05) is 24.8 Å². The highest BCUT2D eigenvalue weighted by Crippen LogP contribution is 2.22. The lowest BCUT2D eigenvalue weighted by Crippen LogP contribution is -2.29. The first-order chi connectivity index (χ1) is 8.66. The van der Waals surface area contributed by atoms with E-state index in [4.69, 9.17) is 10.8 Å². The Kier molecular flexibility index (Phi) is 4.20. The molecular formula is C14H20N2O2. The summed E-state index contributed by atoms with van der Waals surface area (Å²) in [6.45, 7) is 2.22. The Labute approximate surface area is 107 Å². The van der Waals surface area contributed by atoms with E-state index in [-0.39, 0.29) is 6.42 Å². The van der Waals surface area contributed by atoms with Crippen LogP contribution < -0.4 is 10.6 Å². The second-order valence-electron chi connectivity index (χ2n) is 4.84. The normalized spacial score (nSPS) is 17.5.